The SMILES string of the molecule is N#Cc1ccc(Oc2cc(Br)ccc2F)cc1Cl. The summed E-state index contributed by atoms with van der Waals surface area (Å²) in [5, 5.41) is 9.01. The highest BCUT2D eigenvalue weighted by atomic mass is 79.9. The fourth-order valence-electron chi connectivity index (χ4n) is 1.33. The predicted molar refractivity (Wildman–Crippen MR) is 70.3 cm³/mol. The van der Waals surface area contributed by atoms with E-state index >= 15 is 0 Å². The standard InChI is InChI=1S/C13H6BrClFNO/c14-9-2-4-12(16)13(5-9)18-10-3-1-8(7-17)11(15)6-10/h1-6H. The van der Waals surface area contributed by atoms with Crippen LogP contribution in [0, 0.1) is 17.1 Å². The van der Waals surface area contributed by atoms with Gasteiger partial charge in [0, 0.05) is 10.5 Å². The minimum Gasteiger partial charge on any atom is -0.454 e. The molecule has 0 saturated carbocycles. The highest BCUT2D eigenvalue weighted by Gasteiger charge is 2.07. The number of nitriles is 1. The zero-order chi connectivity index (χ0) is 13.1. The Kier molecular flexibility index (Phi) is 3.85. The van der Waals surface area contributed by atoms with E-state index in [-0.39, 0.29) is 10.8 Å². The van der Waals surface area contributed by atoms with Crippen LogP contribution in [0.2, 0.25) is 5.02 Å². The average Bonchev–Trinajstić information content (AvgIpc) is 2.34. The second-order valence-electron chi connectivity index (χ2n) is 3.43. The molecule has 0 aliphatic heterocycles. The molecular formula is C13H6BrClFNO. The van der Waals surface area contributed by atoms with E-state index in [4.69, 9.17) is 21.6 Å². The van der Waals surface area contributed by atoms with Gasteiger partial charge in [-0.3, -0.25) is 0 Å². The molecule has 2 rings (SSSR count). The maximum atomic E-state index is 13.5. The van der Waals surface area contributed by atoms with Crippen LogP contribution < -0.4 is 4.74 Å². The van der Waals surface area contributed by atoms with Crippen LogP contribution >= 0.6 is 27.5 Å². The molecule has 5 heteroatoms. The van der Waals surface area contributed by atoms with Gasteiger partial charge in [-0.25, -0.2) is 4.39 Å². The van der Waals surface area contributed by atoms with Gasteiger partial charge in [0.15, 0.2) is 11.6 Å². The second-order valence-corrected chi connectivity index (χ2v) is 4.75. The Morgan fingerprint density at radius 3 is 2.67 bits per heavy atom. The zero-order valence-electron chi connectivity index (χ0n) is 8.95. The Bertz CT molecular complexity index is 639. The van der Waals surface area contributed by atoms with Crippen molar-refractivity contribution in [3.63, 3.8) is 0 Å². The lowest BCUT2D eigenvalue weighted by atomic mass is 10.2. The zero-order valence-corrected chi connectivity index (χ0v) is 11.3. The molecule has 2 aromatic carbocycles. The normalized spacial score (nSPS) is 9.89. The Hall–Kier alpha value is -1.57. The van der Waals surface area contributed by atoms with E-state index in [9.17, 15) is 4.39 Å². The number of rotatable bonds is 2. The van der Waals surface area contributed by atoms with Crippen molar-refractivity contribution in [3.8, 4) is 17.6 Å². The van der Waals surface area contributed by atoms with Crippen LogP contribution in [-0.2, 0) is 0 Å². The van der Waals surface area contributed by atoms with Crippen LogP contribution in [0.15, 0.2) is 40.9 Å². The van der Waals surface area contributed by atoms with Crippen LogP contribution in [0.1, 0.15) is 5.56 Å². The first-order chi connectivity index (χ1) is 8.60. The number of hydrogen-bond donors (Lipinski definition) is 0. The lowest BCUT2D eigenvalue weighted by Crippen LogP contribution is -1.89. The van der Waals surface area contributed by atoms with Gasteiger partial charge in [0.25, 0.3) is 0 Å². The van der Waals surface area contributed by atoms with Gasteiger partial charge in [-0.15, -0.1) is 0 Å². The molecule has 0 atom stereocenters. The molecule has 0 aromatic heterocycles. The van der Waals surface area contributed by atoms with Crippen molar-refractivity contribution in [2.75, 3.05) is 0 Å². The van der Waals surface area contributed by atoms with Gasteiger partial charge >= 0.3 is 0 Å². The lowest BCUT2D eigenvalue weighted by Gasteiger charge is -2.07. The van der Waals surface area contributed by atoms with E-state index in [1.165, 1.54) is 24.3 Å². The molecule has 0 bridgehead atoms. The van der Waals surface area contributed by atoms with Crippen LogP contribution in [0.5, 0.6) is 11.5 Å². The molecule has 18 heavy (non-hydrogen) atoms. The molecule has 0 aliphatic rings. The molecule has 0 spiro atoms. The van der Waals surface area contributed by atoms with Crippen LogP contribution in [0.3, 0.4) is 0 Å². The van der Waals surface area contributed by atoms with Crippen molar-refractivity contribution in [2.45, 2.75) is 0 Å². The molecule has 90 valence electrons. The first-order valence-electron chi connectivity index (χ1n) is 4.92. The number of hydrogen-bond acceptors (Lipinski definition) is 2. The van der Waals surface area contributed by atoms with Crippen molar-refractivity contribution in [1.29, 1.82) is 5.26 Å². The quantitative estimate of drug-likeness (QED) is 0.786. The topological polar surface area (TPSA) is 33.0 Å². The van der Waals surface area contributed by atoms with Gasteiger partial charge in [0.2, 0.25) is 0 Å². The number of halogens is 3. The Morgan fingerprint density at radius 1 is 1.22 bits per heavy atom. The molecule has 2 aromatic rings. The number of benzene rings is 2. The molecular weight excluding hydrogens is 321 g/mol. The fraction of sp³-hybridized carbons (Fsp3) is 0. The summed E-state index contributed by atoms with van der Waals surface area (Å²) in [5.74, 6) is -0.0140. The summed E-state index contributed by atoms with van der Waals surface area (Å²) < 4.78 is 19.5. The van der Waals surface area contributed by atoms with Crippen molar-refractivity contribution in [3.05, 3.63) is 57.3 Å². The minimum absolute atomic E-state index is 0.0881. The van der Waals surface area contributed by atoms with E-state index in [0.29, 0.717) is 15.8 Å². The predicted octanol–water partition coefficient (Wildman–Crippen LogP) is 4.91. The second kappa shape index (κ2) is 5.38. The maximum absolute atomic E-state index is 13.5. The highest BCUT2D eigenvalue weighted by molar-refractivity contribution is 9.10. The minimum atomic E-state index is -0.473. The maximum Gasteiger partial charge on any atom is 0.165 e. The fourth-order valence-corrected chi connectivity index (χ4v) is 1.89. The average molecular weight is 327 g/mol. The summed E-state index contributed by atoms with van der Waals surface area (Å²) >= 11 is 9.09. The number of ether oxygens (including phenoxy) is 1. The Morgan fingerprint density at radius 2 is 2.00 bits per heavy atom. The third-order valence-electron chi connectivity index (χ3n) is 2.18. The molecule has 0 saturated heterocycles. The van der Waals surface area contributed by atoms with Gasteiger partial charge in [-0.2, -0.15) is 5.26 Å². The Labute approximate surface area is 117 Å². The van der Waals surface area contributed by atoms with Gasteiger partial charge in [0.05, 0.1) is 10.6 Å². The lowest BCUT2D eigenvalue weighted by molar-refractivity contribution is 0.442. The molecule has 0 aliphatic carbocycles. The summed E-state index contributed by atoms with van der Waals surface area (Å²) in [6, 6.07) is 10.9. The van der Waals surface area contributed by atoms with E-state index in [1.54, 1.807) is 12.1 Å². The first-order valence-corrected chi connectivity index (χ1v) is 6.10. The molecule has 0 heterocycles. The van der Waals surface area contributed by atoms with Gasteiger partial charge in [-0.1, -0.05) is 27.5 Å². The van der Waals surface area contributed by atoms with E-state index in [1.807, 2.05) is 6.07 Å². The van der Waals surface area contributed by atoms with E-state index in [2.05, 4.69) is 15.9 Å². The largest absolute Gasteiger partial charge is 0.454 e. The van der Waals surface area contributed by atoms with Crippen LogP contribution in [-0.4, -0.2) is 0 Å². The summed E-state index contributed by atoms with van der Waals surface area (Å²) in [6.45, 7) is 0. The molecule has 2 nitrogen and oxygen atoms in total. The van der Waals surface area contributed by atoms with Gasteiger partial charge < -0.3 is 4.74 Å². The molecule has 0 fully saturated rings. The summed E-state index contributed by atoms with van der Waals surface area (Å²) in [4.78, 5) is 0. The number of nitrogens with zero attached hydrogens (tertiary/aromatic N) is 1. The van der Waals surface area contributed by atoms with Crippen molar-refractivity contribution < 1.29 is 9.13 Å². The molecule has 0 N–H and O–H groups in total. The summed E-state index contributed by atoms with van der Waals surface area (Å²) in [6.07, 6.45) is 0. The van der Waals surface area contributed by atoms with Crippen molar-refractivity contribution in [2.24, 2.45) is 0 Å². The van der Waals surface area contributed by atoms with Gasteiger partial charge in [0.1, 0.15) is 11.8 Å². The van der Waals surface area contributed by atoms with Crippen molar-refractivity contribution >= 4 is 27.5 Å². The monoisotopic (exact) mass is 325 g/mol. The van der Waals surface area contributed by atoms with E-state index in [0.717, 1.165) is 0 Å². The Balaban J connectivity index is 2.32. The third-order valence-corrected chi connectivity index (χ3v) is 2.99. The van der Waals surface area contributed by atoms with E-state index < -0.39 is 5.82 Å². The summed E-state index contributed by atoms with van der Waals surface area (Å²) in [5.41, 5.74) is 0.346. The van der Waals surface area contributed by atoms with Crippen LogP contribution in [0.25, 0.3) is 0 Å². The van der Waals surface area contributed by atoms with Gasteiger partial charge in [-0.05, 0) is 30.3 Å². The van der Waals surface area contributed by atoms with Crippen LogP contribution in [0.4, 0.5) is 4.39 Å². The van der Waals surface area contributed by atoms with Crippen molar-refractivity contribution in [1.82, 2.24) is 0 Å². The first kappa shape index (κ1) is 12.9. The third kappa shape index (κ3) is 2.81. The molecule has 0 amide bonds. The molecule has 0 unspecified atom stereocenters. The highest BCUT2D eigenvalue weighted by Crippen LogP contribution is 2.30. The molecule has 0 radical (unpaired) electrons. The summed E-state index contributed by atoms with van der Waals surface area (Å²) in [7, 11) is 0. The smallest absolute Gasteiger partial charge is 0.165 e.